The van der Waals surface area contributed by atoms with E-state index in [9.17, 15) is 13.2 Å². The molecule has 0 bridgehead atoms. The number of nitrogens with one attached hydrogen (secondary N) is 1. The fourth-order valence-corrected chi connectivity index (χ4v) is 0.704. The molecule has 60 valence electrons. The van der Waals surface area contributed by atoms with Crippen LogP contribution in [0.4, 0.5) is 0 Å². The van der Waals surface area contributed by atoms with Crippen molar-refractivity contribution in [2.75, 3.05) is 0 Å². The molecule has 0 aromatic heterocycles. The summed E-state index contributed by atoms with van der Waals surface area (Å²) in [6, 6.07) is 0. The molecule has 0 aromatic rings. The van der Waals surface area contributed by atoms with E-state index in [0.29, 0.717) is 0 Å². The Morgan fingerprint density at radius 1 is 1.70 bits per heavy atom. The summed E-state index contributed by atoms with van der Waals surface area (Å²) in [6.45, 7) is 1.03. The van der Waals surface area contributed by atoms with E-state index in [1.807, 2.05) is 0 Å². The molecule has 0 aliphatic heterocycles. The highest BCUT2D eigenvalue weighted by atomic mass is 32.2. The lowest BCUT2D eigenvalue weighted by molar-refractivity contribution is -0.136. The maximum absolute atomic E-state index is 10.5. The maximum Gasteiger partial charge on any atom is 0.323 e. The molecule has 7 heteroatoms. The maximum atomic E-state index is 10.5. The molecule has 4 N–H and O–H groups in total. The second-order valence-corrected chi connectivity index (χ2v) is 3.68. The Morgan fingerprint density at radius 3 is 2.20 bits per heavy atom. The highest BCUT2D eigenvalue weighted by Crippen LogP contribution is 1.94. The lowest BCUT2D eigenvalue weighted by Crippen LogP contribution is -2.41. The van der Waals surface area contributed by atoms with Crippen molar-refractivity contribution in [3.8, 4) is 0 Å². The molecule has 0 fully saturated rings. The molecule has 0 rings (SSSR count). The Hall–Kier alpha value is -0.660. The first kappa shape index (κ1) is 9.34. The zero-order valence-corrected chi connectivity index (χ0v) is 6.05. The standard InChI is InChI=1S/C3H8N2O4S/c1-2(3(6)7)10(8,9)5-4/h2,5H,4H2,1H3,(H,6,7). The van der Waals surface area contributed by atoms with Crippen molar-refractivity contribution in [3.05, 3.63) is 0 Å². The molecule has 0 spiro atoms. The van der Waals surface area contributed by atoms with E-state index in [4.69, 9.17) is 5.11 Å². The Kier molecular flexibility index (Phi) is 2.76. The van der Waals surface area contributed by atoms with Crippen LogP contribution in [0.25, 0.3) is 0 Å². The second-order valence-electron chi connectivity index (χ2n) is 1.64. The SMILES string of the molecule is CC(C(=O)O)S(=O)(=O)NN. The number of hydrazine groups is 1. The second kappa shape index (κ2) is 2.95. The van der Waals surface area contributed by atoms with Gasteiger partial charge in [0.05, 0.1) is 0 Å². The predicted octanol–water partition coefficient (Wildman–Crippen LogP) is -1.75. The molecule has 1 atom stereocenters. The molecule has 0 saturated heterocycles. The topological polar surface area (TPSA) is 109 Å². The number of hydrogen-bond acceptors (Lipinski definition) is 4. The van der Waals surface area contributed by atoms with Crippen molar-refractivity contribution in [2.45, 2.75) is 12.2 Å². The van der Waals surface area contributed by atoms with Gasteiger partial charge in [-0.1, -0.05) is 0 Å². The normalized spacial score (nSPS) is 14.6. The van der Waals surface area contributed by atoms with Crippen molar-refractivity contribution >= 4 is 16.0 Å². The molecule has 6 nitrogen and oxygen atoms in total. The van der Waals surface area contributed by atoms with Crippen LogP contribution in [0.3, 0.4) is 0 Å². The van der Waals surface area contributed by atoms with Crippen LogP contribution in [0.5, 0.6) is 0 Å². The first-order chi connectivity index (χ1) is 4.41. The summed E-state index contributed by atoms with van der Waals surface area (Å²) in [7, 11) is -3.87. The van der Waals surface area contributed by atoms with Crippen molar-refractivity contribution in [1.29, 1.82) is 0 Å². The average Bonchev–Trinajstić information content (AvgIpc) is 1.86. The minimum absolute atomic E-state index is 1.03. The van der Waals surface area contributed by atoms with Crippen LogP contribution in [0.1, 0.15) is 6.92 Å². The lowest BCUT2D eigenvalue weighted by atomic mass is 10.5. The molecule has 10 heavy (non-hydrogen) atoms. The van der Waals surface area contributed by atoms with E-state index in [2.05, 4.69) is 5.84 Å². The molecule has 0 aliphatic rings. The summed E-state index contributed by atoms with van der Waals surface area (Å²) in [5.41, 5.74) is 0. The van der Waals surface area contributed by atoms with Crippen LogP contribution in [0.2, 0.25) is 0 Å². The number of sulfonamides is 1. The van der Waals surface area contributed by atoms with Gasteiger partial charge in [-0.05, 0) is 6.92 Å². The Balaban J connectivity index is 4.51. The zero-order chi connectivity index (χ0) is 8.36. The zero-order valence-electron chi connectivity index (χ0n) is 5.23. The van der Waals surface area contributed by atoms with Crippen molar-refractivity contribution in [2.24, 2.45) is 5.84 Å². The summed E-state index contributed by atoms with van der Waals surface area (Å²) in [5.74, 6) is 3.11. The van der Waals surface area contributed by atoms with Crippen LogP contribution < -0.4 is 10.7 Å². The third kappa shape index (κ3) is 1.94. The summed E-state index contributed by atoms with van der Waals surface area (Å²) in [6.07, 6.45) is 0. The summed E-state index contributed by atoms with van der Waals surface area (Å²) in [4.78, 5) is 11.4. The first-order valence-corrected chi connectivity index (χ1v) is 3.90. The van der Waals surface area contributed by atoms with Gasteiger partial charge in [0.15, 0.2) is 5.25 Å². The van der Waals surface area contributed by atoms with Crippen LogP contribution in [0.15, 0.2) is 0 Å². The monoisotopic (exact) mass is 168 g/mol. The molecule has 0 heterocycles. The Labute approximate surface area is 58.0 Å². The van der Waals surface area contributed by atoms with E-state index >= 15 is 0 Å². The van der Waals surface area contributed by atoms with Gasteiger partial charge >= 0.3 is 5.97 Å². The molecule has 0 saturated carbocycles. The van der Waals surface area contributed by atoms with Crippen LogP contribution in [0, 0.1) is 0 Å². The number of carboxylic acids is 1. The number of carbonyl (C=O) groups is 1. The highest BCUT2D eigenvalue weighted by molar-refractivity contribution is 7.90. The fourth-order valence-electron chi connectivity index (χ4n) is 0.235. The van der Waals surface area contributed by atoms with Gasteiger partial charge in [0.1, 0.15) is 0 Å². The van der Waals surface area contributed by atoms with E-state index in [1.54, 1.807) is 0 Å². The molecule has 1 unspecified atom stereocenters. The molecule has 0 amide bonds. The van der Waals surface area contributed by atoms with E-state index in [-0.39, 0.29) is 0 Å². The molecular formula is C3H8N2O4S. The van der Waals surface area contributed by atoms with Gasteiger partial charge < -0.3 is 5.11 Å². The number of nitrogens with two attached hydrogens (primary N) is 1. The number of hydrogen-bond donors (Lipinski definition) is 3. The number of aliphatic carboxylic acids is 1. The van der Waals surface area contributed by atoms with Crippen molar-refractivity contribution in [1.82, 2.24) is 4.83 Å². The summed E-state index contributed by atoms with van der Waals surface area (Å²) < 4.78 is 21.0. The third-order valence-electron chi connectivity index (χ3n) is 0.977. The van der Waals surface area contributed by atoms with Crippen molar-refractivity contribution < 1.29 is 18.3 Å². The van der Waals surface area contributed by atoms with E-state index in [0.717, 1.165) is 6.92 Å². The van der Waals surface area contributed by atoms with Crippen LogP contribution in [-0.4, -0.2) is 24.7 Å². The smallest absolute Gasteiger partial charge is 0.323 e. The fraction of sp³-hybridized carbons (Fsp3) is 0.667. The first-order valence-electron chi connectivity index (χ1n) is 2.36. The summed E-state index contributed by atoms with van der Waals surface area (Å²) in [5, 5.41) is 6.66. The molecule has 0 aromatic carbocycles. The average molecular weight is 168 g/mol. The predicted molar refractivity (Wildman–Crippen MR) is 33.3 cm³/mol. The summed E-state index contributed by atoms with van der Waals surface area (Å²) >= 11 is 0. The van der Waals surface area contributed by atoms with Gasteiger partial charge in [-0.15, -0.1) is 0 Å². The van der Waals surface area contributed by atoms with Crippen LogP contribution in [-0.2, 0) is 14.8 Å². The lowest BCUT2D eigenvalue weighted by Gasteiger charge is -2.04. The minimum Gasteiger partial charge on any atom is -0.480 e. The van der Waals surface area contributed by atoms with Crippen molar-refractivity contribution in [3.63, 3.8) is 0 Å². The molecule has 0 aliphatic carbocycles. The highest BCUT2D eigenvalue weighted by Gasteiger charge is 2.25. The van der Waals surface area contributed by atoms with Gasteiger partial charge in [-0.3, -0.25) is 10.6 Å². The number of carboxylic acid groups (broad SMARTS) is 1. The van der Waals surface area contributed by atoms with Gasteiger partial charge in [0.25, 0.3) is 0 Å². The largest absolute Gasteiger partial charge is 0.480 e. The number of rotatable bonds is 3. The Morgan fingerprint density at radius 2 is 2.10 bits per heavy atom. The van der Waals surface area contributed by atoms with Gasteiger partial charge in [-0.25, -0.2) is 8.42 Å². The Bertz CT molecular complexity index is 221. The van der Waals surface area contributed by atoms with Crippen LogP contribution >= 0.6 is 0 Å². The molecular weight excluding hydrogens is 160 g/mol. The van der Waals surface area contributed by atoms with Gasteiger partial charge in [0, 0.05) is 0 Å². The minimum atomic E-state index is -3.87. The van der Waals surface area contributed by atoms with E-state index < -0.39 is 21.2 Å². The molecule has 0 radical (unpaired) electrons. The van der Waals surface area contributed by atoms with E-state index in [1.165, 1.54) is 4.83 Å². The van der Waals surface area contributed by atoms with Gasteiger partial charge in [0.2, 0.25) is 10.0 Å². The third-order valence-corrected chi connectivity index (χ3v) is 2.44. The van der Waals surface area contributed by atoms with Gasteiger partial charge in [-0.2, -0.15) is 4.83 Å². The quantitative estimate of drug-likeness (QED) is 0.342.